The van der Waals surface area contributed by atoms with Gasteiger partial charge in [-0.05, 0) is 61.7 Å². The zero-order valence-electron chi connectivity index (χ0n) is 19.0. The van der Waals surface area contributed by atoms with Gasteiger partial charge in [-0.15, -0.1) is 0 Å². The van der Waals surface area contributed by atoms with Gasteiger partial charge in [0.05, 0.1) is 17.6 Å². The monoisotopic (exact) mass is 421 g/mol. The van der Waals surface area contributed by atoms with Gasteiger partial charge in [-0.2, -0.15) is 5.26 Å². The highest BCUT2D eigenvalue weighted by Gasteiger charge is 2.33. The number of rotatable bonds is 8. The fraction of sp³-hybridized carbons (Fsp3) is 0.440. The van der Waals surface area contributed by atoms with Gasteiger partial charge in [-0.3, -0.25) is 9.69 Å². The van der Waals surface area contributed by atoms with Gasteiger partial charge >= 0.3 is 0 Å². The summed E-state index contributed by atoms with van der Waals surface area (Å²) in [6.45, 7) is 8.80. The molecule has 1 fully saturated rings. The molecule has 0 spiro atoms. The topological polar surface area (TPSA) is 65.8 Å². The summed E-state index contributed by atoms with van der Waals surface area (Å²) in [4.78, 5) is 15.9. The third-order valence-corrected chi connectivity index (χ3v) is 5.39. The van der Waals surface area contributed by atoms with Crippen LogP contribution in [0.25, 0.3) is 0 Å². The van der Waals surface area contributed by atoms with Gasteiger partial charge < -0.3 is 14.4 Å². The zero-order chi connectivity index (χ0) is 22.5. The molecule has 6 nitrogen and oxygen atoms in total. The van der Waals surface area contributed by atoms with Crippen molar-refractivity contribution in [2.24, 2.45) is 5.92 Å². The first kappa shape index (κ1) is 22.6. The van der Waals surface area contributed by atoms with Gasteiger partial charge in [0.25, 0.3) is 0 Å². The fourth-order valence-electron chi connectivity index (χ4n) is 3.67. The van der Waals surface area contributed by atoms with E-state index in [4.69, 9.17) is 9.47 Å². The molecule has 0 aliphatic carbocycles. The van der Waals surface area contributed by atoms with Crippen molar-refractivity contribution in [2.45, 2.75) is 40.0 Å². The maximum atomic E-state index is 12.0. The lowest BCUT2D eigenvalue weighted by atomic mass is 9.97. The van der Waals surface area contributed by atoms with Crippen molar-refractivity contribution in [3.63, 3.8) is 0 Å². The van der Waals surface area contributed by atoms with Crippen molar-refractivity contribution in [1.29, 1.82) is 5.26 Å². The van der Waals surface area contributed by atoms with Gasteiger partial charge in [-0.25, -0.2) is 0 Å². The number of amides is 1. The number of benzene rings is 2. The van der Waals surface area contributed by atoms with Crippen molar-refractivity contribution in [2.75, 3.05) is 27.2 Å². The van der Waals surface area contributed by atoms with E-state index in [0.717, 1.165) is 30.9 Å². The van der Waals surface area contributed by atoms with Crippen LogP contribution in [0.1, 0.15) is 36.1 Å². The summed E-state index contributed by atoms with van der Waals surface area (Å²) in [6.07, 6.45) is 0.0197. The van der Waals surface area contributed by atoms with E-state index >= 15 is 0 Å². The molecule has 0 aromatic heterocycles. The Hall–Kier alpha value is -3.04. The summed E-state index contributed by atoms with van der Waals surface area (Å²) >= 11 is 0. The average molecular weight is 422 g/mol. The van der Waals surface area contributed by atoms with E-state index < -0.39 is 0 Å². The van der Waals surface area contributed by atoms with Crippen LogP contribution in [0.5, 0.6) is 11.5 Å². The minimum Gasteiger partial charge on any atom is -0.490 e. The molecule has 2 aromatic carbocycles. The Morgan fingerprint density at radius 2 is 1.97 bits per heavy atom. The second-order valence-electron chi connectivity index (χ2n) is 8.61. The van der Waals surface area contributed by atoms with Crippen LogP contribution in [0.3, 0.4) is 0 Å². The minimum absolute atomic E-state index is 0.0197. The first-order chi connectivity index (χ1) is 14.8. The Balaban J connectivity index is 1.55. The highest BCUT2D eigenvalue weighted by atomic mass is 16.5. The third-order valence-electron chi connectivity index (χ3n) is 5.39. The van der Waals surface area contributed by atoms with Gasteiger partial charge in [0.15, 0.2) is 0 Å². The predicted octanol–water partition coefficient (Wildman–Crippen LogP) is 3.75. The van der Waals surface area contributed by atoms with Crippen LogP contribution in [-0.4, -0.2) is 49.0 Å². The summed E-state index contributed by atoms with van der Waals surface area (Å²) in [5, 5.41) is 9.38. The smallest absolute Gasteiger partial charge is 0.227 e. The summed E-state index contributed by atoms with van der Waals surface area (Å²) in [5.41, 5.74) is 3.84. The van der Waals surface area contributed by atoms with Crippen LogP contribution in [0.4, 0.5) is 0 Å². The molecule has 0 saturated carbocycles. The quantitative estimate of drug-likeness (QED) is 0.649. The van der Waals surface area contributed by atoms with Crippen molar-refractivity contribution in [3.05, 3.63) is 58.7 Å². The molecule has 0 bridgehead atoms. The molecule has 0 unspecified atom stereocenters. The van der Waals surface area contributed by atoms with Crippen LogP contribution in [0.15, 0.2) is 36.4 Å². The molecule has 6 heteroatoms. The minimum atomic E-state index is 0.0197. The highest BCUT2D eigenvalue weighted by Crippen LogP contribution is 2.25. The van der Waals surface area contributed by atoms with Crippen LogP contribution in [0.2, 0.25) is 0 Å². The molecular formula is C25H31N3O3. The molecule has 31 heavy (non-hydrogen) atoms. The highest BCUT2D eigenvalue weighted by molar-refractivity contribution is 5.79. The zero-order valence-corrected chi connectivity index (χ0v) is 19.0. The Bertz CT molecular complexity index is 972. The Kier molecular flexibility index (Phi) is 7.19. The van der Waals surface area contributed by atoms with Gasteiger partial charge in [-0.1, -0.05) is 12.1 Å². The van der Waals surface area contributed by atoms with Crippen LogP contribution < -0.4 is 9.47 Å². The van der Waals surface area contributed by atoms with Crippen molar-refractivity contribution in [3.8, 4) is 17.6 Å². The Morgan fingerprint density at radius 1 is 1.23 bits per heavy atom. The van der Waals surface area contributed by atoms with Gasteiger partial charge in [0, 0.05) is 33.7 Å². The number of likely N-dealkylation sites (tertiary alicyclic amines) is 1. The molecule has 1 aliphatic rings. The first-order valence-corrected chi connectivity index (χ1v) is 10.6. The SMILES string of the molecule is Cc1cc(OCc2ccc(OC(C)C)c(C#N)c2)ccc1CN1CC(C(=O)N(C)C)C1. The number of hydrogen-bond acceptors (Lipinski definition) is 5. The summed E-state index contributed by atoms with van der Waals surface area (Å²) in [5.74, 6) is 1.72. The van der Waals surface area contributed by atoms with Gasteiger partial charge in [0.2, 0.25) is 5.91 Å². The molecule has 1 amide bonds. The third kappa shape index (κ3) is 5.77. The standard InChI is InChI=1S/C25H31N3O3/c1-17(2)31-24-9-6-19(11-21(24)12-26)16-30-23-8-7-20(18(3)10-23)13-28-14-22(15-28)25(29)27(4)5/h6-11,17,22H,13-16H2,1-5H3. The largest absolute Gasteiger partial charge is 0.490 e. The number of aryl methyl sites for hydroxylation is 1. The van der Waals surface area contributed by atoms with E-state index in [1.54, 1.807) is 4.90 Å². The Labute approximate surface area is 185 Å². The normalized spacial score (nSPS) is 14.1. The second kappa shape index (κ2) is 9.84. The van der Waals surface area contributed by atoms with Crippen LogP contribution >= 0.6 is 0 Å². The van der Waals surface area contributed by atoms with E-state index in [1.165, 1.54) is 11.1 Å². The second-order valence-corrected chi connectivity index (χ2v) is 8.61. The van der Waals surface area contributed by atoms with Crippen molar-refractivity contribution >= 4 is 5.91 Å². The number of hydrogen-bond donors (Lipinski definition) is 0. The molecule has 164 valence electrons. The molecule has 1 aliphatic heterocycles. The number of carbonyl (C=O) groups is 1. The van der Waals surface area contributed by atoms with E-state index in [1.807, 2.05) is 58.3 Å². The van der Waals surface area contributed by atoms with E-state index in [9.17, 15) is 10.1 Å². The fourth-order valence-corrected chi connectivity index (χ4v) is 3.67. The number of carbonyl (C=O) groups excluding carboxylic acids is 1. The summed E-state index contributed by atoms with van der Waals surface area (Å²) in [6, 6.07) is 13.9. The van der Waals surface area contributed by atoms with Crippen molar-refractivity contribution in [1.82, 2.24) is 9.80 Å². The van der Waals surface area contributed by atoms with E-state index in [2.05, 4.69) is 24.0 Å². The maximum Gasteiger partial charge on any atom is 0.227 e. The lowest BCUT2D eigenvalue weighted by molar-refractivity contribution is -0.138. The lowest BCUT2D eigenvalue weighted by Crippen LogP contribution is -2.52. The molecule has 3 rings (SSSR count). The number of nitriles is 1. The van der Waals surface area contributed by atoms with Gasteiger partial charge in [0.1, 0.15) is 24.2 Å². The van der Waals surface area contributed by atoms with Crippen LogP contribution in [0, 0.1) is 24.2 Å². The molecule has 0 N–H and O–H groups in total. The average Bonchev–Trinajstić information content (AvgIpc) is 2.69. The van der Waals surface area contributed by atoms with Crippen LogP contribution in [-0.2, 0) is 17.9 Å². The van der Waals surface area contributed by atoms with E-state index in [0.29, 0.717) is 17.9 Å². The lowest BCUT2D eigenvalue weighted by Gasteiger charge is -2.39. The molecule has 1 saturated heterocycles. The molecule has 0 radical (unpaired) electrons. The Morgan fingerprint density at radius 3 is 2.58 bits per heavy atom. The molecule has 2 aromatic rings. The maximum absolute atomic E-state index is 12.0. The number of ether oxygens (including phenoxy) is 2. The molecule has 1 heterocycles. The summed E-state index contributed by atoms with van der Waals surface area (Å²) in [7, 11) is 3.62. The summed E-state index contributed by atoms with van der Waals surface area (Å²) < 4.78 is 11.6. The molecule has 0 atom stereocenters. The predicted molar refractivity (Wildman–Crippen MR) is 120 cm³/mol. The van der Waals surface area contributed by atoms with E-state index in [-0.39, 0.29) is 17.9 Å². The first-order valence-electron chi connectivity index (χ1n) is 10.6. The number of nitrogens with zero attached hydrogens (tertiary/aromatic N) is 3. The molecular weight excluding hydrogens is 390 g/mol. The van der Waals surface area contributed by atoms with Crippen molar-refractivity contribution < 1.29 is 14.3 Å².